The SMILES string of the molecule is CCOC(=O)[C@@H]1[C@@H]2CC[C@@H](O)[C@@H](C2)N1[C@H](C)c1ccccc1. The number of carbonyl (C=O) groups is 1. The molecule has 1 saturated heterocycles. The maximum absolute atomic E-state index is 12.5. The number of hydrogen-bond donors (Lipinski definition) is 1. The van der Waals surface area contributed by atoms with Crippen molar-refractivity contribution < 1.29 is 14.6 Å². The molecule has 0 amide bonds. The lowest BCUT2D eigenvalue weighted by molar-refractivity contribution is -0.151. The van der Waals surface area contributed by atoms with Crippen LogP contribution in [0.3, 0.4) is 0 Å². The highest BCUT2D eigenvalue weighted by Gasteiger charge is 2.52. The molecule has 4 heteroatoms. The molecule has 0 aromatic heterocycles. The summed E-state index contributed by atoms with van der Waals surface area (Å²) in [5, 5.41) is 10.4. The number of ether oxygens (including phenoxy) is 1. The fourth-order valence-electron chi connectivity index (χ4n) is 4.19. The van der Waals surface area contributed by atoms with E-state index >= 15 is 0 Å². The van der Waals surface area contributed by atoms with Gasteiger partial charge in [0, 0.05) is 12.1 Å². The molecule has 1 aliphatic heterocycles. The summed E-state index contributed by atoms with van der Waals surface area (Å²) in [7, 11) is 0. The third kappa shape index (κ3) is 2.66. The quantitative estimate of drug-likeness (QED) is 0.868. The minimum atomic E-state index is -0.346. The zero-order chi connectivity index (χ0) is 15.7. The van der Waals surface area contributed by atoms with Crippen molar-refractivity contribution in [1.82, 2.24) is 4.90 Å². The minimum absolute atomic E-state index is 0.0587. The first-order chi connectivity index (χ1) is 10.6. The van der Waals surface area contributed by atoms with Crippen molar-refractivity contribution in [3.63, 3.8) is 0 Å². The average Bonchev–Trinajstić information content (AvgIpc) is 2.86. The third-order valence-electron chi connectivity index (χ3n) is 5.23. The van der Waals surface area contributed by atoms with Gasteiger partial charge in [0.1, 0.15) is 6.04 Å². The van der Waals surface area contributed by atoms with E-state index in [1.54, 1.807) is 0 Å². The summed E-state index contributed by atoms with van der Waals surface area (Å²) in [6, 6.07) is 10.1. The average molecular weight is 303 g/mol. The monoisotopic (exact) mass is 303 g/mol. The first kappa shape index (κ1) is 15.5. The van der Waals surface area contributed by atoms with Gasteiger partial charge in [-0.25, -0.2) is 0 Å². The number of likely N-dealkylation sites (tertiary alicyclic amines) is 1. The van der Waals surface area contributed by atoms with Gasteiger partial charge in [-0.1, -0.05) is 30.3 Å². The molecule has 1 aromatic carbocycles. The zero-order valence-corrected chi connectivity index (χ0v) is 13.3. The van der Waals surface area contributed by atoms with E-state index in [0.717, 1.165) is 19.3 Å². The van der Waals surface area contributed by atoms with Crippen LogP contribution in [0, 0.1) is 5.92 Å². The maximum atomic E-state index is 12.5. The van der Waals surface area contributed by atoms with Gasteiger partial charge in [0.2, 0.25) is 0 Å². The Hall–Kier alpha value is -1.39. The Bertz CT molecular complexity index is 518. The number of aliphatic hydroxyl groups is 1. The van der Waals surface area contributed by atoms with Crippen LogP contribution in [0.1, 0.15) is 44.7 Å². The van der Waals surface area contributed by atoms with E-state index in [-0.39, 0.29) is 30.2 Å². The molecule has 0 unspecified atom stereocenters. The van der Waals surface area contributed by atoms with Crippen LogP contribution in [0.2, 0.25) is 0 Å². The van der Waals surface area contributed by atoms with E-state index in [2.05, 4.69) is 24.0 Å². The lowest BCUT2D eigenvalue weighted by Crippen LogP contribution is -2.47. The van der Waals surface area contributed by atoms with Crippen LogP contribution in [0.5, 0.6) is 0 Å². The Morgan fingerprint density at radius 2 is 2.09 bits per heavy atom. The highest BCUT2D eigenvalue weighted by molar-refractivity contribution is 5.77. The number of aliphatic hydroxyl groups excluding tert-OH is 1. The summed E-state index contributed by atoms with van der Waals surface area (Å²) in [6.45, 7) is 4.37. The summed E-state index contributed by atoms with van der Waals surface area (Å²) in [4.78, 5) is 14.7. The normalized spacial score (nSPS) is 32.7. The van der Waals surface area contributed by atoms with E-state index in [1.807, 2.05) is 25.1 Å². The van der Waals surface area contributed by atoms with Crippen LogP contribution in [0.25, 0.3) is 0 Å². The van der Waals surface area contributed by atoms with Crippen LogP contribution < -0.4 is 0 Å². The molecule has 1 aliphatic carbocycles. The van der Waals surface area contributed by atoms with Crippen molar-refractivity contribution in [2.45, 2.75) is 57.3 Å². The van der Waals surface area contributed by atoms with E-state index in [9.17, 15) is 9.90 Å². The van der Waals surface area contributed by atoms with Crippen molar-refractivity contribution in [2.75, 3.05) is 6.61 Å². The molecule has 1 N–H and O–H groups in total. The Labute approximate surface area is 132 Å². The predicted octanol–water partition coefficient (Wildman–Crippen LogP) is 2.52. The standard InChI is InChI=1S/C18H25NO3/c1-3-22-18(21)17-14-9-10-16(20)15(11-14)19(17)12(2)13-7-5-4-6-8-13/h4-8,12,14-17,20H,3,9-11H2,1-2H3/t12-,14-,15-,16-,17+/m1/s1. The first-order valence-corrected chi connectivity index (χ1v) is 8.30. The smallest absolute Gasteiger partial charge is 0.323 e. The second kappa shape index (κ2) is 6.39. The molecular formula is C18H25NO3. The number of esters is 1. The number of rotatable bonds is 4. The molecule has 2 aliphatic rings. The molecule has 1 saturated carbocycles. The van der Waals surface area contributed by atoms with Gasteiger partial charge in [-0.05, 0) is 44.6 Å². The Morgan fingerprint density at radius 1 is 1.36 bits per heavy atom. The number of carbonyl (C=O) groups excluding carboxylic acids is 1. The molecule has 2 bridgehead atoms. The highest BCUT2D eigenvalue weighted by atomic mass is 16.5. The third-order valence-corrected chi connectivity index (χ3v) is 5.23. The summed E-state index contributed by atoms with van der Waals surface area (Å²) < 4.78 is 5.32. The Morgan fingerprint density at radius 3 is 2.77 bits per heavy atom. The largest absolute Gasteiger partial charge is 0.465 e. The van der Waals surface area contributed by atoms with Crippen molar-refractivity contribution in [2.24, 2.45) is 5.92 Å². The van der Waals surface area contributed by atoms with Crippen LogP contribution >= 0.6 is 0 Å². The van der Waals surface area contributed by atoms with Gasteiger partial charge < -0.3 is 9.84 Å². The van der Waals surface area contributed by atoms with Crippen molar-refractivity contribution >= 4 is 5.97 Å². The summed E-state index contributed by atoms with van der Waals surface area (Å²) in [5.74, 6) is 0.172. The second-order valence-corrected chi connectivity index (χ2v) is 6.44. The van der Waals surface area contributed by atoms with Crippen LogP contribution in [-0.2, 0) is 9.53 Å². The zero-order valence-electron chi connectivity index (χ0n) is 13.3. The van der Waals surface area contributed by atoms with Gasteiger partial charge in [-0.3, -0.25) is 9.69 Å². The van der Waals surface area contributed by atoms with E-state index < -0.39 is 0 Å². The molecule has 22 heavy (non-hydrogen) atoms. The molecule has 1 heterocycles. The molecule has 5 atom stereocenters. The lowest BCUT2D eigenvalue weighted by Gasteiger charge is -2.36. The van der Waals surface area contributed by atoms with Crippen molar-refractivity contribution in [3.05, 3.63) is 35.9 Å². The Balaban J connectivity index is 1.91. The fraction of sp³-hybridized carbons (Fsp3) is 0.611. The van der Waals surface area contributed by atoms with Crippen molar-refractivity contribution in [1.29, 1.82) is 0 Å². The molecule has 0 spiro atoms. The van der Waals surface area contributed by atoms with Gasteiger partial charge in [0.25, 0.3) is 0 Å². The molecular weight excluding hydrogens is 278 g/mol. The molecule has 120 valence electrons. The van der Waals surface area contributed by atoms with Crippen molar-refractivity contribution in [3.8, 4) is 0 Å². The van der Waals surface area contributed by atoms with Gasteiger partial charge >= 0.3 is 5.97 Å². The maximum Gasteiger partial charge on any atom is 0.323 e. The van der Waals surface area contributed by atoms with Gasteiger partial charge in [-0.15, -0.1) is 0 Å². The van der Waals surface area contributed by atoms with E-state index in [0.29, 0.717) is 12.5 Å². The predicted molar refractivity (Wildman–Crippen MR) is 84.3 cm³/mol. The molecule has 0 radical (unpaired) electrons. The Kier molecular flexibility index (Phi) is 4.50. The second-order valence-electron chi connectivity index (χ2n) is 6.44. The summed E-state index contributed by atoms with van der Waals surface area (Å²) >= 11 is 0. The van der Waals surface area contributed by atoms with E-state index in [4.69, 9.17) is 4.74 Å². The fourth-order valence-corrected chi connectivity index (χ4v) is 4.19. The van der Waals surface area contributed by atoms with Gasteiger partial charge in [0.15, 0.2) is 0 Å². The lowest BCUT2D eigenvalue weighted by atomic mass is 9.85. The summed E-state index contributed by atoms with van der Waals surface area (Å²) in [5.41, 5.74) is 1.18. The number of hydrogen-bond acceptors (Lipinski definition) is 4. The molecule has 4 nitrogen and oxygen atoms in total. The molecule has 1 aromatic rings. The van der Waals surface area contributed by atoms with Gasteiger partial charge in [0.05, 0.1) is 12.7 Å². The number of fused-ring (bicyclic) bond motifs is 2. The van der Waals surface area contributed by atoms with Crippen LogP contribution in [-0.4, -0.2) is 40.8 Å². The van der Waals surface area contributed by atoms with Crippen LogP contribution in [0.15, 0.2) is 30.3 Å². The van der Waals surface area contributed by atoms with Gasteiger partial charge in [-0.2, -0.15) is 0 Å². The topological polar surface area (TPSA) is 49.8 Å². The minimum Gasteiger partial charge on any atom is -0.465 e. The molecule has 2 fully saturated rings. The highest BCUT2D eigenvalue weighted by Crippen LogP contribution is 2.45. The number of benzene rings is 1. The van der Waals surface area contributed by atoms with E-state index in [1.165, 1.54) is 5.56 Å². The summed E-state index contributed by atoms with van der Waals surface area (Å²) in [6.07, 6.45) is 2.23. The molecule has 3 rings (SSSR count). The van der Waals surface area contributed by atoms with Crippen LogP contribution in [0.4, 0.5) is 0 Å². The number of nitrogens with zero attached hydrogens (tertiary/aromatic N) is 1. The first-order valence-electron chi connectivity index (χ1n) is 8.30.